The molecule has 7 heteroatoms. The van der Waals surface area contributed by atoms with Crippen LogP contribution in [0.2, 0.25) is 0 Å². The van der Waals surface area contributed by atoms with Gasteiger partial charge in [-0.05, 0) is 19.8 Å². The van der Waals surface area contributed by atoms with Gasteiger partial charge < -0.3 is 5.32 Å². The Hall–Kier alpha value is -0.660. The number of carbonyl (C=O) groups is 1. The molecule has 0 aromatic carbocycles. The smallest absolute Gasteiger partial charge is 0.234 e. The van der Waals surface area contributed by atoms with Crippen LogP contribution in [-0.2, 0) is 14.8 Å². The second-order valence-corrected chi connectivity index (χ2v) is 6.17. The van der Waals surface area contributed by atoms with Gasteiger partial charge >= 0.3 is 0 Å². The number of sulfonamides is 1. The van der Waals surface area contributed by atoms with E-state index in [0.29, 0.717) is 13.1 Å². The average molecular weight is 263 g/mol. The zero-order valence-electron chi connectivity index (χ0n) is 10.4. The summed E-state index contributed by atoms with van der Waals surface area (Å²) in [5, 5.41) is 2.75. The Bertz CT molecular complexity index is 348. The maximum Gasteiger partial charge on any atom is 0.234 e. The minimum Gasteiger partial charge on any atom is -0.355 e. The SMILES string of the molecule is CCNC(=O)CN1CCC(NS(C)(=O)=O)CC1. The highest BCUT2D eigenvalue weighted by molar-refractivity contribution is 7.88. The van der Waals surface area contributed by atoms with Gasteiger partial charge in [0.1, 0.15) is 0 Å². The molecule has 2 N–H and O–H groups in total. The van der Waals surface area contributed by atoms with Crippen LogP contribution in [0.4, 0.5) is 0 Å². The molecule has 1 rings (SSSR count). The van der Waals surface area contributed by atoms with E-state index in [4.69, 9.17) is 0 Å². The summed E-state index contributed by atoms with van der Waals surface area (Å²) in [5.74, 6) is 0.0297. The van der Waals surface area contributed by atoms with Crippen LogP contribution in [0.3, 0.4) is 0 Å². The van der Waals surface area contributed by atoms with Gasteiger partial charge in [-0.2, -0.15) is 0 Å². The normalized spacial score (nSPS) is 19.2. The van der Waals surface area contributed by atoms with Gasteiger partial charge in [-0.3, -0.25) is 9.69 Å². The average Bonchev–Trinajstić information content (AvgIpc) is 2.19. The van der Waals surface area contributed by atoms with Crippen molar-refractivity contribution in [2.45, 2.75) is 25.8 Å². The van der Waals surface area contributed by atoms with E-state index in [1.54, 1.807) is 0 Å². The fraction of sp³-hybridized carbons (Fsp3) is 0.900. The second kappa shape index (κ2) is 6.32. The molecular weight excluding hydrogens is 242 g/mol. The summed E-state index contributed by atoms with van der Waals surface area (Å²) in [6.07, 6.45) is 2.69. The monoisotopic (exact) mass is 263 g/mol. The molecule has 1 saturated heterocycles. The predicted octanol–water partition coefficient (Wildman–Crippen LogP) is -0.864. The number of hydrogen-bond donors (Lipinski definition) is 2. The Labute approximate surface area is 103 Å². The maximum absolute atomic E-state index is 11.4. The number of rotatable bonds is 5. The van der Waals surface area contributed by atoms with Crippen molar-refractivity contribution in [3.05, 3.63) is 0 Å². The molecule has 0 bridgehead atoms. The van der Waals surface area contributed by atoms with Gasteiger partial charge in [0.25, 0.3) is 0 Å². The number of hydrogen-bond acceptors (Lipinski definition) is 4. The minimum absolute atomic E-state index is 0.00971. The molecule has 0 radical (unpaired) electrons. The van der Waals surface area contributed by atoms with Gasteiger partial charge in [-0.1, -0.05) is 0 Å². The molecule has 0 saturated carbocycles. The van der Waals surface area contributed by atoms with Crippen LogP contribution < -0.4 is 10.0 Å². The highest BCUT2D eigenvalue weighted by Gasteiger charge is 2.22. The molecule has 0 spiro atoms. The Morgan fingerprint density at radius 3 is 2.41 bits per heavy atom. The van der Waals surface area contributed by atoms with Crippen molar-refractivity contribution in [2.75, 3.05) is 32.4 Å². The zero-order valence-corrected chi connectivity index (χ0v) is 11.2. The molecule has 0 aliphatic carbocycles. The fourth-order valence-electron chi connectivity index (χ4n) is 1.97. The molecule has 1 fully saturated rings. The Morgan fingerprint density at radius 1 is 1.35 bits per heavy atom. The van der Waals surface area contributed by atoms with E-state index in [0.717, 1.165) is 25.9 Å². The van der Waals surface area contributed by atoms with Crippen LogP contribution in [-0.4, -0.2) is 57.7 Å². The number of amides is 1. The Balaban J connectivity index is 2.28. The first kappa shape index (κ1) is 14.4. The molecule has 1 amide bonds. The predicted molar refractivity (Wildman–Crippen MR) is 66.1 cm³/mol. The Morgan fingerprint density at radius 2 is 1.94 bits per heavy atom. The standard InChI is InChI=1S/C10H21N3O3S/c1-3-11-10(14)8-13-6-4-9(5-7-13)12-17(2,15)16/h9,12H,3-8H2,1-2H3,(H,11,14). The molecular formula is C10H21N3O3S. The molecule has 0 unspecified atom stereocenters. The van der Waals surface area contributed by atoms with Gasteiger partial charge in [0, 0.05) is 25.7 Å². The van der Waals surface area contributed by atoms with Crippen molar-refractivity contribution in [3.8, 4) is 0 Å². The largest absolute Gasteiger partial charge is 0.355 e. The lowest BCUT2D eigenvalue weighted by Gasteiger charge is -2.31. The summed E-state index contributed by atoms with van der Waals surface area (Å²) in [4.78, 5) is 13.4. The quantitative estimate of drug-likeness (QED) is 0.676. The first-order valence-corrected chi connectivity index (χ1v) is 7.76. The first-order valence-electron chi connectivity index (χ1n) is 5.87. The van der Waals surface area contributed by atoms with Crippen molar-refractivity contribution < 1.29 is 13.2 Å². The van der Waals surface area contributed by atoms with Gasteiger partial charge in [0.15, 0.2) is 0 Å². The van der Waals surface area contributed by atoms with Gasteiger partial charge in [-0.15, -0.1) is 0 Å². The number of piperidine rings is 1. The molecule has 1 aliphatic rings. The van der Waals surface area contributed by atoms with Crippen LogP contribution in [0.15, 0.2) is 0 Å². The summed E-state index contributed by atoms with van der Waals surface area (Å²) in [7, 11) is -3.12. The molecule has 1 heterocycles. The lowest BCUT2D eigenvalue weighted by Crippen LogP contribution is -2.47. The van der Waals surface area contributed by atoms with Crippen molar-refractivity contribution in [1.29, 1.82) is 0 Å². The van der Waals surface area contributed by atoms with Crippen LogP contribution in [0, 0.1) is 0 Å². The lowest BCUT2D eigenvalue weighted by molar-refractivity contribution is -0.122. The van der Waals surface area contributed by atoms with E-state index >= 15 is 0 Å². The molecule has 0 aromatic rings. The van der Waals surface area contributed by atoms with E-state index in [9.17, 15) is 13.2 Å². The molecule has 6 nitrogen and oxygen atoms in total. The van der Waals surface area contributed by atoms with Crippen molar-refractivity contribution in [3.63, 3.8) is 0 Å². The summed E-state index contributed by atoms with van der Waals surface area (Å²) in [6, 6.07) is 0.00971. The van der Waals surface area contributed by atoms with Crippen molar-refractivity contribution in [1.82, 2.24) is 14.9 Å². The number of nitrogens with zero attached hydrogens (tertiary/aromatic N) is 1. The number of nitrogens with one attached hydrogen (secondary N) is 2. The molecule has 0 aromatic heterocycles. The summed E-state index contributed by atoms with van der Waals surface area (Å²) in [6.45, 7) is 4.44. The van der Waals surface area contributed by atoms with E-state index in [-0.39, 0.29) is 11.9 Å². The van der Waals surface area contributed by atoms with Crippen molar-refractivity contribution >= 4 is 15.9 Å². The highest BCUT2D eigenvalue weighted by Crippen LogP contribution is 2.10. The maximum atomic E-state index is 11.4. The lowest BCUT2D eigenvalue weighted by atomic mass is 10.1. The van der Waals surface area contributed by atoms with E-state index in [2.05, 4.69) is 10.0 Å². The van der Waals surface area contributed by atoms with Crippen LogP contribution in [0.25, 0.3) is 0 Å². The summed E-state index contributed by atoms with van der Waals surface area (Å²) < 4.78 is 24.7. The van der Waals surface area contributed by atoms with Crippen LogP contribution >= 0.6 is 0 Å². The van der Waals surface area contributed by atoms with Crippen molar-refractivity contribution in [2.24, 2.45) is 0 Å². The fourth-order valence-corrected chi connectivity index (χ4v) is 2.81. The van der Waals surface area contributed by atoms with Crippen LogP contribution in [0.1, 0.15) is 19.8 Å². The van der Waals surface area contributed by atoms with E-state index in [1.165, 1.54) is 6.26 Å². The molecule has 100 valence electrons. The number of likely N-dealkylation sites (tertiary alicyclic amines) is 1. The summed E-state index contributed by atoms with van der Waals surface area (Å²) in [5.41, 5.74) is 0. The van der Waals surface area contributed by atoms with Gasteiger partial charge in [-0.25, -0.2) is 13.1 Å². The third kappa shape index (κ3) is 5.99. The number of likely N-dealkylation sites (N-methyl/N-ethyl adjacent to an activating group) is 1. The number of carbonyl (C=O) groups excluding carboxylic acids is 1. The second-order valence-electron chi connectivity index (χ2n) is 4.39. The zero-order chi connectivity index (χ0) is 12.9. The van der Waals surface area contributed by atoms with E-state index < -0.39 is 10.0 Å². The highest BCUT2D eigenvalue weighted by atomic mass is 32.2. The summed E-state index contributed by atoms with van der Waals surface area (Å²) >= 11 is 0. The topological polar surface area (TPSA) is 78.5 Å². The Kier molecular flexibility index (Phi) is 5.35. The minimum atomic E-state index is -3.12. The molecule has 0 atom stereocenters. The molecule has 17 heavy (non-hydrogen) atoms. The van der Waals surface area contributed by atoms with Gasteiger partial charge in [0.05, 0.1) is 12.8 Å². The van der Waals surface area contributed by atoms with Crippen LogP contribution in [0.5, 0.6) is 0 Å². The van der Waals surface area contributed by atoms with Gasteiger partial charge in [0.2, 0.25) is 15.9 Å². The van der Waals surface area contributed by atoms with E-state index in [1.807, 2.05) is 11.8 Å². The first-order chi connectivity index (χ1) is 7.90. The third-order valence-corrected chi connectivity index (χ3v) is 3.47. The third-order valence-electron chi connectivity index (χ3n) is 2.71. The molecule has 1 aliphatic heterocycles.